The van der Waals surface area contributed by atoms with Crippen LogP contribution in [0.25, 0.3) is 0 Å². The van der Waals surface area contributed by atoms with Crippen LogP contribution in [0.3, 0.4) is 0 Å². The molecule has 1 aliphatic rings. The van der Waals surface area contributed by atoms with E-state index in [-0.39, 0.29) is 0 Å². The zero-order valence-electron chi connectivity index (χ0n) is 13.3. The van der Waals surface area contributed by atoms with Crippen LogP contribution in [-0.2, 0) is 6.42 Å². The maximum Gasteiger partial charge on any atom is 0.0416 e. The van der Waals surface area contributed by atoms with E-state index in [4.69, 9.17) is 0 Å². The molecule has 0 radical (unpaired) electrons. The predicted molar refractivity (Wildman–Crippen MR) is 84.8 cm³/mol. The van der Waals surface area contributed by atoms with Gasteiger partial charge < -0.3 is 5.32 Å². The van der Waals surface area contributed by atoms with Gasteiger partial charge >= 0.3 is 0 Å². The lowest BCUT2D eigenvalue weighted by atomic mass is 9.94. The summed E-state index contributed by atoms with van der Waals surface area (Å²) in [6, 6.07) is 7.46. The summed E-state index contributed by atoms with van der Waals surface area (Å²) in [7, 11) is 0. The number of piperazine rings is 1. The molecule has 20 heavy (non-hydrogen) atoms. The average Bonchev–Trinajstić information content (AvgIpc) is 2.45. The van der Waals surface area contributed by atoms with Gasteiger partial charge in [-0.05, 0) is 24.0 Å². The molecule has 3 heteroatoms. The molecule has 2 atom stereocenters. The highest BCUT2D eigenvalue weighted by molar-refractivity contribution is 5.04. The summed E-state index contributed by atoms with van der Waals surface area (Å²) in [5.41, 5.74) is 1.20. The minimum atomic E-state index is 0.619. The van der Waals surface area contributed by atoms with E-state index in [1.807, 2.05) is 12.3 Å². The Bertz CT molecular complexity index is 388. The van der Waals surface area contributed by atoms with Crippen molar-refractivity contribution in [2.45, 2.75) is 46.2 Å². The highest BCUT2D eigenvalue weighted by Crippen LogP contribution is 2.18. The van der Waals surface area contributed by atoms with Gasteiger partial charge in [-0.1, -0.05) is 33.8 Å². The van der Waals surface area contributed by atoms with Gasteiger partial charge in [-0.25, -0.2) is 0 Å². The second-order valence-electron chi connectivity index (χ2n) is 6.64. The Balaban J connectivity index is 1.96. The second-order valence-corrected chi connectivity index (χ2v) is 6.64. The number of aromatic nitrogens is 1. The van der Waals surface area contributed by atoms with Crippen molar-refractivity contribution in [3.63, 3.8) is 0 Å². The van der Waals surface area contributed by atoms with Crippen LogP contribution < -0.4 is 5.32 Å². The molecular formula is C17H29N3. The minimum Gasteiger partial charge on any atom is -0.311 e. The van der Waals surface area contributed by atoms with Crippen molar-refractivity contribution in [3.05, 3.63) is 30.1 Å². The van der Waals surface area contributed by atoms with Crippen molar-refractivity contribution >= 4 is 0 Å². The van der Waals surface area contributed by atoms with Gasteiger partial charge in [0.1, 0.15) is 0 Å². The highest BCUT2D eigenvalue weighted by atomic mass is 15.2. The predicted octanol–water partition coefficient (Wildman–Crippen LogP) is 2.58. The highest BCUT2D eigenvalue weighted by Gasteiger charge is 2.30. The first kappa shape index (κ1) is 15.5. The van der Waals surface area contributed by atoms with E-state index < -0.39 is 0 Å². The molecule has 0 aromatic carbocycles. The van der Waals surface area contributed by atoms with Crippen LogP contribution >= 0.6 is 0 Å². The molecule has 0 spiro atoms. The van der Waals surface area contributed by atoms with Crippen LogP contribution in [0.2, 0.25) is 0 Å². The Morgan fingerprint density at radius 3 is 2.65 bits per heavy atom. The largest absolute Gasteiger partial charge is 0.311 e. The van der Waals surface area contributed by atoms with Crippen LogP contribution in [0.1, 0.15) is 33.4 Å². The molecule has 2 rings (SSSR count). The third kappa shape index (κ3) is 4.03. The van der Waals surface area contributed by atoms with Crippen LogP contribution in [0.15, 0.2) is 24.4 Å². The molecule has 2 unspecified atom stereocenters. The van der Waals surface area contributed by atoms with Crippen LogP contribution in [0.5, 0.6) is 0 Å². The number of nitrogens with one attached hydrogen (secondary N) is 1. The topological polar surface area (TPSA) is 28.2 Å². The van der Waals surface area contributed by atoms with Gasteiger partial charge in [0, 0.05) is 50.0 Å². The molecule has 2 heterocycles. The zero-order valence-corrected chi connectivity index (χ0v) is 13.3. The molecule has 1 saturated heterocycles. The van der Waals surface area contributed by atoms with Crippen molar-refractivity contribution in [1.82, 2.24) is 15.2 Å². The van der Waals surface area contributed by atoms with Gasteiger partial charge in [-0.15, -0.1) is 0 Å². The van der Waals surface area contributed by atoms with Crippen LogP contribution in [0, 0.1) is 11.8 Å². The van der Waals surface area contributed by atoms with Crippen molar-refractivity contribution in [2.75, 3.05) is 19.6 Å². The lowest BCUT2D eigenvalue weighted by Crippen LogP contribution is -2.59. The summed E-state index contributed by atoms with van der Waals surface area (Å²) in [6.07, 6.45) is 2.94. The van der Waals surface area contributed by atoms with E-state index in [0.717, 1.165) is 26.1 Å². The van der Waals surface area contributed by atoms with E-state index >= 15 is 0 Å². The van der Waals surface area contributed by atoms with Crippen molar-refractivity contribution in [1.29, 1.82) is 0 Å². The maximum absolute atomic E-state index is 4.44. The Morgan fingerprint density at radius 1 is 1.25 bits per heavy atom. The molecule has 0 aliphatic carbocycles. The molecule has 1 N–H and O–H groups in total. The first-order chi connectivity index (χ1) is 9.58. The maximum atomic E-state index is 4.44. The Kier molecular flexibility index (Phi) is 5.55. The Hall–Kier alpha value is -0.930. The average molecular weight is 275 g/mol. The molecule has 0 bridgehead atoms. The third-order valence-electron chi connectivity index (χ3n) is 4.44. The van der Waals surface area contributed by atoms with Crippen molar-refractivity contribution in [2.24, 2.45) is 11.8 Å². The standard InChI is InChI=1S/C17H29N3/c1-13(2)16-12-20(17(11-19-16)14(3)4)10-8-15-7-5-6-9-18-15/h5-7,9,13-14,16-17,19H,8,10-12H2,1-4H3. The first-order valence-corrected chi connectivity index (χ1v) is 7.95. The molecule has 1 fully saturated rings. The summed E-state index contributed by atoms with van der Waals surface area (Å²) in [4.78, 5) is 7.11. The SMILES string of the molecule is CC(C)C1CN(CCc2ccccn2)C(C(C)C)CN1. The number of hydrogen-bond donors (Lipinski definition) is 1. The van der Waals surface area contributed by atoms with Gasteiger partial charge in [0.05, 0.1) is 0 Å². The molecule has 1 aromatic heterocycles. The summed E-state index contributed by atoms with van der Waals surface area (Å²) in [6.45, 7) is 12.7. The summed E-state index contributed by atoms with van der Waals surface area (Å²) in [5, 5.41) is 3.72. The normalized spacial score (nSPS) is 24.5. The van der Waals surface area contributed by atoms with Gasteiger partial charge in [0.2, 0.25) is 0 Å². The summed E-state index contributed by atoms with van der Waals surface area (Å²) in [5.74, 6) is 1.39. The molecule has 1 aliphatic heterocycles. The fourth-order valence-corrected chi connectivity index (χ4v) is 3.02. The molecule has 1 aromatic rings. The number of nitrogens with zero attached hydrogens (tertiary/aromatic N) is 2. The zero-order chi connectivity index (χ0) is 14.5. The second kappa shape index (κ2) is 7.19. The van der Waals surface area contributed by atoms with Gasteiger partial charge in [0.25, 0.3) is 0 Å². The summed E-state index contributed by atoms with van der Waals surface area (Å²) >= 11 is 0. The number of hydrogen-bond acceptors (Lipinski definition) is 3. The van der Waals surface area contributed by atoms with Gasteiger partial charge in [-0.2, -0.15) is 0 Å². The Labute approximate surface area is 123 Å². The monoisotopic (exact) mass is 275 g/mol. The number of rotatable bonds is 5. The first-order valence-electron chi connectivity index (χ1n) is 7.95. The fraction of sp³-hybridized carbons (Fsp3) is 0.706. The third-order valence-corrected chi connectivity index (χ3v) is 4.44. The molecule has 0 saturated carbocycles. The lowest BCUT2D eigenvalue weighted by Gasteiger charge is -2.43. The quantitative estimate of drug-likeness (QED) is 0.895. The minimum absolute atomic E-state index is 0.619. The lowest BCUT2D eigenvalue weighted by molar-refractivity contribution is 0.0861. The van der Waals surface area contributed by atoms with E-state index in [0.29, 0.717) is 23.9 Å². The Morgan fingerprint density at radius 2 is 2.05 bits per heavy atom. The fourth-order valence-electron chi connectivity index (χ4n) is 3.02. The molecule has 0 amide bonds. The van der Waals surface area contributed by atoms with E-state index in [9.17, 15) is 0 Å². The molecular weight excluding hydrogens is 246 g/mol. The van der Waals surface area contributed by atoms with Crippen molar-refractivity contribution in [3.8, 4) is 0 Å². The summed E-state index contributed by atoms with van der Waals surface area (Å²) < 4.78 is 0. The van der Waals surface area contributed by atoms with E-state index in [1.165, 1.54) is 5.69 Å². The molecule has 3 nitrogen and oxygen atoms in total. The van der Waals surface area contributed by atoms with Gasteiger partial charge in [-0.3, -0.25) is 9.88 Å². The number of pyridine rings is 1. The van der Waals surface area contributed by atoms with Gasteiger partial charge in [0.15, 0.2) is 0 Å². The van der Waals surface area contributed by atoms with Crippen LogP contribution in [0.4, 0.5) is 0 Å². The van der Waals surface area contributed by atoms with E-state index in [1.54, 1.807) is 0 Å². The van der Waals surface area contributed by atoms with Crippen LogP contribution in [-0.4, -0.2) is 41.6 Å². The molecule has 112 valence electrons. The van der Waals surface area contributed by atoms with Crippen molar-refractivity contribution < 1.29 is 0 Å². The van der Waals surface area contributed by atoms with E-state index in [2.05, 4.69) is 55.0 Å². The smallest absolute Gasteiger partial charge is 0.0416 e.